The van der Waals surface area contributed by atoms with Crippen LogP contribution in [-0.2, 0) is 0 Å². The first-order valence-electron chi connectivity index (χ1n) is 4.01. The molecule has 0 aliphatic carbocycles. The van der Waals surface area contributed by atoms with Gasteiger partial charge in [0.05, 0.1) is 6.42 Å². The molecule has 0 amide bonds. The summed E-state index contributed by atoms with van der Waals surface area (Å²) >= 11 is 0. The molecule has 0 fully saturated rings. The van der Waals surface area contributed by atoms with Gasteiger partial charge in [0, 0.05) is 6.42 Å². The topological polar surface area (TPSA) is 0 Å². The van der Waals surface area contributed by atoms with Gasteiger partial charge in [0.15, 0.2) is 0 Å². The highest BCUT2D eigenvalue weighted by molar-refractivity contribution is 5.08. The third-order valence-corrected chi connectivity index (χ3v) is 1.84. The van der Waals surface area contributed by atoms with E-state index in [0.717, 1.165) is 12.8 Å². The Morgan fingerprint density at radius 3 is 2.36 bits per heavy atom. The fourth-order valence-electron chi connectivity index (χ4n) is 0.540. The fourth-order valence-corrected chi connectivity index (χ4v) is 0.540. The average molecular weight is 148 g/mol. The molecule has 60 valence electrons. The summed E-state index contributed by atoms with van der Waals surface area (Å²) in [4.78, 5) is 0. The molecular formula is C11H16. The molecule has 0 radical (unpaired) electrons. The summed E-state index contributed by atoms with van der Waals surface area (Å²) in [6.45, 7) is 6.62. The third kappa shape index (κ3) is 5.56. The quantitative estimate of drug-likeness (QED) is 0.528. The Morgan fingerprint density at radius 1 is 1.27 bits per heavy atom. The number of hydrogen-bond acceptors (Lipinski definition) is 0. The zero-order valence-corrected chi connectivity index (χ0v) is 7.70. The van der Waals surface area contributed by atoms with Gasteiger partial charge >= 0.3 is 0 Å². The van der Waals surface area contributed by atoms with Crippen LogP contribution in [0.3, 0.4) is 0 Å². The van der Waals surface area contributed by atoms with Crippen molar-refractivity contribution in [3.63, 3.8) is 0 Å². The van der Waals surface area contributed by atoms with Gasteiger partial charge in [-0.2, -0.15) is 0 Å². The van der Waals surface area contributed by atoms with Gasteiger partial charge in [-0.05, 0) is 5.41 Å². The van der Waals surface area contributed by atoms with Crippen LogP contribution in [0.2, 0.25) is 0 Å². The van der Waals surface area contributed by atoms with Crippen LogP contribution in [0.25, 0.3) is 0 Å². The van der Waals surface area contributed by atoms with Gasteiger partial charge in [0.2, 0.25) is 0 Å². The summed E-state index contributed by atoms with van der Waals surface area (Å²) in [6, 6.07) is 0. The highest BCUT2D eigenvalue weighted by Gasteiger charge is 2.11. The minimum Gasteiger partial charge on any atom is -0.119 e. The molecule has 0 rings (SSSR count). The lowest BCUT2D eigenvalue weighted by molar-refractivity contribution is 0.363. The van der Waals surface area contributed by atoms with Crippen molar-refractivity contribution < 1.29 is 0 Å². The Labute approximate surface area is 70.4 Å². The van der Waals surface area contributed by atoms with E-state index in [1.807, 2.05) is 0 Å². The maximum absolute atomic E-state index is 5.06. The van der Waals surface area contributed by atoms with Crippen molar-refractivity contribution >= 4 is 0 Å². The number of rotatable bonds is 2. The van der Waals surface area contributed by atoms with Crippen LogP contribution >= 0.6 is 0 Å². The van der Waals surface area contributed by atoms with Crippen molar-refractivity contribution in [3.05, 3.63) is 0 Å². The van der Waals surface area contributed by atoms with E-state index < -0.39 is 0 Å². The summed E-state index contributed by atoms with van der Waals surface area (Å²) < 4.78 is 0. The first-order chi connectivity index (χ1) is 5.12. The Hall–Kier alpha value is -0.880. The second-order valence-corrected chi connectivity index (χ2v) is 3.43. The van der Waals surface area contributed by atoms with Crippen LogP contribution in [-0.4, -0.2) is 0 Å². The van der Waals surface area contributed by atoms with Gasteiger partial charge in [0.1, 0.15) is 0 Å². The Balaban J connectivity index is 3.73. The van der Waals surface area contributed by atoms with Crippen molar-refractivity contribution in [3.8, 4) is 24.2 Å². The van der Waals surface area contributed by atoms with E-state index in [2.05, 4.69) is 38.5 Å². The Bertz CT molecular complexity index is 192. The van der Waals surface area contributed by atoms with Crippen molar-refractivity contribution in [2.24, 2.45) is 5.41 Å². The first kappa shape index (κ1) is 10.1. The smallest absolute Gasteiger partial charge is 0.0700 e. The van der Waals surface area contributed by atoms with E-state index in [9.17, 15) is 0 Å². The van der Waals surface area contributed by atoms with Crippen molar-refractivity contribution in [1.82, 2.24) is 0 Å². The van der Waals surface area contributed by atoms with Crippen molar-refractivity contribution in [2.75, 3.05) is 0 Å². The van der Waals surface area contributed by atoms with Crippen LogP contribution in [0.1, 0.15) is 40.0 Å². The monoisotopic (exact) mass is 148 g/mol. The third-order valence-electron chi connectivity index (χ3n) is 1.84. The summed E-state index contributed by atoms with van der Waals surface area (Å²) in [5, 5.41) is 0. The summed E-state index contributed by atoms with van der Waals surface area (Å²) in [7, 11) is 0. The standard InChI is InChI=1S/C11H16/c1-5-7-8-9-10-11(3,4)6-2/h1H,6-7,10H2,2-4H3. The molecule has 0 heterocycles. The van der Waals surface area contributed by atoms with Crippen LogP contribution in [0.5, 0.6) is 0 Å². The molecule has 0 spiro atoms. The normalized spacial score (nSPS) is 9.64. The molecule has 11 heavy (non-hydrogen) atoms. The van der Waals surface area contributed by atoms with E-state index in [1.54, 1.807) is 0 Å². The van der Waals surface area contributed by atoms with Crippen LogP contribution < -0.4 is 0 Å². The predicted octanol–water partition coefficient (Wildman–Crippen LogP) is 2.84. The molecule has 0 unspecified atom stereocenters. The molecule has 0 aromatic rings. The fraction of sp³-hybridized carbons (Fsp3) is 0.636. The Kier molecular flexibility index (Phi) is 4.47. The lowest BCUT2D eigenvalue weighted by atomic mass is 9.87. The second kappa shape index (κ2) is 4.86. The lowest BCUT2D eigenvalue weighted by Gasteiger charge is -2.18. The average Bonchev–Trinajstić information content (AvgIpc) is 1.99. The van der Waals surface area contributed by atoms with Crippen LogP contribution in [0, 0.1) is 29.6 Å². The SMILES string of the molecule is C#CCC#CCC(C)(C)CC. The van der Waals surface area contributed by atoms with Crippen LogP contribution in [0.4, 0.5) is 0 Å². The predicted molar refractivity (Wildman–Crippen MR) is 49.9 cm³/mol. The minimum absolute atomic E-state index is 0.349. The lowest BCUT2D eigenvalue weighted by Crippen LogP contribution is -2.07. The van der Waals surface area contributed by atoms with E-state index in [-0.39, 0.29) is 0 Å². The zero-order chi connectivity index (χ0) is 8.74. The molecule has 0 saturated heterocycles. The summed E-state index contributed by atoms with van der Waals surface area (Å²) in [5.74, 6) is 8.52. The number of hydrogen-bond donors (Lipinski definition) is 0. The van der Waals surface area contributed by atoms with Gasteiger partial charge in [-0.15, -0.1) is 12.3 Å². The molecular weight excluding hydrogens is 132 g/mol. The highest BCUT2D eigenvalue weighted by Crippen LogP contribution is 2.23. The largest absolute Gasteiger partial charge is 0.119 e. The van der Waals surface area contributed by atoms with Crippen LogP contribution in [0.15, 0.2) is 0 Å². The number of terminal acetylenes is 1. The molecule has 0 nitrogen and oxygen atoms in total. The molecule has 0 aromatic carbocycles. The molecule has 0 heteroatoms. The highest BCUT2D eigenvalue weighted by atomic mass is 14.2. The second-order valence-electron chi connectivity index (χ2n) is 3.43. The minimum atomic E-state index is 0.349. The van der Waals surface area contributed by atoms with Gasteiger partial charge in [-0.3, -0.25) is 0 Å². The Morgan fingerprint density at radius 2 is 1.91 bits per heavy atom. The van der Waals surface area contributed by atoms with E-state index in [4.69, 9.17) is 6.42 Å². The van der Waals surface area contributed by atoms with E-state index in [0.29, 0.717) is 11.8 Å². The molecule has 0 N–H and O–H groups in total. The summed E-state index contributed by atoms with van der Waals surface area (Å²) in [5.41, 5.74) is 0.349. The van der Waals surface area contributed by atoms with E-state index in [1.165, 1.54) is 0 Å². The van der Waals surface area contributed by atoms with Crippen molar-refractivity contribution in [1.29, 1.82) is 0 Å². The van der Waals surface area contributed by atoms with Gasteiger partial charge < -0.3 is 0 Å². The maximum Gasteiger partial charge on any atom is 0.0700 e. The van der Waals surface area contributed by atoms with Gasteiger partial charge in [-0.1, -0.05) is 39.0 Å². The molecule has 0 aliphatic heterocycles. The first-order valence-corrected chi connectivity index (χ1v) is 4.01. The van der Waals surface area contributed by atoms with Gasteiger partial charge in [0.25, 0.3) is 0 Å². The molecule has 0 aliphatic rings. The molecule has 0 atom stereocenters. The van der Waals surface area contributed by atoms with Crippen molar-refractivity contribution in [2.45, 2.75) is 40.0 Å². The molecule has 0 bridgehead atoms. The zero-order valence-electron chi connectivity index (χ0n) is 7.70. The van der Waals surface area contributed by atoms with E-state index >= 15 is 0 Å². The summed E-state index contributed by atoms with van der Waals surface area (Å²) in [6.07, 6.45) is 7.76. The maximum atomic E-state index is 5.06. The molecule has 0 aromatic heterocycles. The van der Waals surface area contributed by atoms with Gasteiger partial charge in [-0.25, -0.2) is 0 Å². The molecule has 0 saturated carbocycles.